The predicted octanol–water partition coefficient (Wildman–Crippen LogP) is -0.768. The fraction of sp³-hybridized carbons (Fsp3) is 0.556. The molecule has 2 atom stereocenters. The van der Waals surface area contributed by atoms with E-state index in [0.29, 0.717) is 0 Å². The molecule has 1 fully saturated rings. The molecular weight excluding hydrogens is 180 g/mol. The Balaban J connectivity index is 2.09. The van der Waals surface area contributed by atoms with Crippen LogP contribution in [0.15, 0.2) is 18.6 Å². The minimum absolute atomic E-state index is 0.0370. The number of hydrogen-bond acceptors (Lipinski definition) is 5. The van der Waals surface area contributed by atoms with E-state index in [1.54, 1.807) is 6.20 Å². The van der Waals surface area contributed by atoms with Crippen molar-refractivity contribution in [3.8, 4) is 0 Å². The van der Waals surface area contributed by atoms with Crippen LogP contribution in [0.3, 0.4) is 0 Å². The van der Waals surface area contributed by atoms with Gasteiger partial charge in [-0.1, -0.05) is 0 Å². The van der Waals surface area contributed by atoms with Crippen LogP contribution in [0.5, 0.6) is 0 Å². The van der Waals surface area contributed by atoms with Crippen LogP contribution >= 0.6 is 0 Å². The normalized spacial score (nSPS) is 26.9. The molecule has 0 aliphatic carbocycles. The minimum Gasteiger partial charge on any atom is -0.396 e. The summed E-state index contributed by atoms with van der Waals surface area (Å²) >= 11 is 0. The summed E-state index contributed by atoms with van der Waals surface area (Å²) in [5, 5.41) is 9.06. The third-order valence-electron chi connectivity index (χ3n) is 2.62. The molecule has 1 aliphatic rings. The lowest BCUT2D eigenvalue weighted by molar-refractivity contribution is 0.228. The molecule has 1 aliphatic heterocycles. The molecule has 5 nitrogen and oxygen atoms in total. The van der Waals surface area contributed by atoms with Crippen molar-refractivity contribution in [3.63, 3.8) is 0 Å². The van der Waals surface area contributed by atoms with Gasteiger partial charge >= 0.3 is 0 Å². The number of rotatable bonds is 2. The fourth-order valence-corrected chi connectivity index (χ4v) is 1.75. The Morgan fingerprint density at radius 3 is 3.00 bits per heavy atom. The summed E-state index contributed by atoms with van der Waals surface area (Å²) in [5.41, 5.74) is 5.87. The van der Waals surface area contributed by atoms with Crippen LogP contribution in [0.25, 0.3) is 0 Å². The van der Waals surface area contributed by atoms with Gasteiger partial charge in [-0.05, 0) is 6.07 Å². The monoisotopic (exact) mass is 194 g/mol. The highest BCUT2D eigenvalue weighted by Gasteiger charge is 2.29. The molecule has 3 N–H and O–H groups in total. The van der Waals surface area contributed by atoms with Crippen molar-refractivity contribution in [2.75, 3.05) is 24.6 Å². The molecule has 0 spiro atoms. The zero-order valence-corrected chi connectivity index (χ0v) is 7.87. The first-order valence-electron chi connectivity index (χ1n) is 4.68. The number of nitrogens with zero attached hydrogens (tertiary/aromatic N) is 3. The highest BCUT2D eigenvalue weighted by atomic mass is 16.3. The van der Waals surface area contributed by atoms with E-state index in [2.05, 4.69) is 14.9 Å². The van der Waals surface area contributed by atoms with E-state index in [1.165, 1.54) is 6.33 Å². The van der Waals surface area contributed by atoms with Gasteiger partial charge < -0.3 is 15.7 Å². The predicted molar refractivity (Wildman–Crippen MR) is 52.8 cm³/mol. The molecule has 1 aromatic rings. The molecule has 1 aromatic heterocycles. The Bertz CT molecular complexity index is 292. The number of aliphatic hydroxyl groups is 1. The lowest BCUT2D eigenvalue weighted by Gasteiger charge is -2.15. The Hall–Kier alpha value is -1.20. The second-order valence-electron chi connectivity index (χ2n) is 3.58. The summed E-state index contributed by atoms with van der Waals surface area (Å²) < 4.78 is 0. The molecule has 14 heavy (non-hydrogen) atoms. The molecule has 2 rings (SSSR count). The fourth-order valence-electron chi connectivity index (χ4n) is 1.75. The van der Waals surface area contributed by atoms with Gasteiger partial charge in [0.15, 0.2) is 0 Å². The summed E-state index contributed by atoms with van der Waals surface area (Å²) in [6, 6.07) is 1.89. The first-order valence-corrected chi connectivity index (χ1v) is 4.68. The van der Waals surface area contributed by atoms with Crippen LogP contribution in [0, 0.1) is 5.92 Å². The maximum atomic E-state index is 9.06. The average Bonchev–Trinajstić information content (AvgIpc) is 2.61. The second-order valence-corrected chi connectivity index (χ2v) is 3.58. The van der Waals surface area contributed by atoms with Crippen molar-refractivity contribution in [3.05, 3.63) is 18.6 Å². The highest BCUT2D eigenvalue weighted by Crippen LogP contribution is 2.20. The average molecular weight is 194 g/mol. The zero-order valence-electron chi connectivity index (χ0n) is 7.87. The number of aliphatic hydroxyl groups excluding tert-OH is 1. The zero-order chi connectivity index (χ0) is 9.97. The van der Waals surface area contributed by atoms with Gasteiger partial charge in [0.25, 0.3) is 0 Å². The number of hydrogen-bond donors (Lipinski definition) is 2. The van der Waals surface area contributed by atoms with E-state index in [9.17, 15) is 0 Å². The van der Waals surface area contributed by atoms with Gasteiger partial charge in [0, 0.05) is 37.9 Å². The lowest BCUT2D eigenvalue weighted by Crippen LogP contribution is -2.31. The standard InChI is InChI=1S/C9H14N4O/c10-8-4-13(3-7(8)5-14)9-1-2-11-6-12-9/h1-2,6-8,14H,3-5,10H2. The molecule has 0 bridgehead atoms. The second kappa shape index (κ2) is 3.89. The summed E-state index contributed by atoms with van der Waals surface area (Å²) in [6.45, 7) is 1.67. The van der Waals surface area contributed by atoms with Crippen LogP contribution in [0.2, 0.25) is 0 Å². The van der Waals surface area contributed by atoms with Gasteiger partial charge in [-0.2, -0.15) is 0 Å². The molecule has 2 unspecified atom stereocenters. The van der Waals surface area contributed by atoms with Crippen molar-refractivity contribution in [2.24, 2.45) is 11.7 Å². The molecule has 0 amide bonds. The maximum Gasteiger partial charge on any atom is 0.131 e. The van der Waals surface area contributed by atoms with Gasteiger partial charge in [0.2, 0.25) is 0 Å². The lowest BCUT2D eigenvalue weighted by atomic mass is 10.1. The Labute approximate surface area is 82.6 Å². The van der Waals surface area contributed by atoms with Crippen LogP contribution in [0.1, 0.15) is 0 Å². The highest BCUT2D eigenvalue weighted by molar-refractivity contribution is 5.38. The van der Waals surface area contributed by atoms with Crippen LogP contribution < -0.4 is 10.6 Å². The van der Waals surface area contributed by atoms with Gasteiger partial charge in [-0.15, -0.1) is 0 Å². The Morgan fingerprint density at radius 2 is 2.43 bits per heavy atom. The van der Waals surface area contributed by atoms with Gasteiger partial charge in [0.05, 0.1) is 0 Å². The molecule has 5 heteroatoms. The summed E-state index contributed by atoms with van der Waals surface area (Å²) in [4.78, 5) is 10.1. The van der Waals surface area contributed by atoms with Gasteiger partial charge in [0.1, 0.15) is 12.1 Å². The Kier molecular flexibility index (Phi) is 2.60. The number of anilines is 1. The van der Waals surface area contributed by atoms with Crippen molar-refractivity contribution < 1.29 is 5.11 Å². The molecular formula is C9H14N4O. The number of nitrogens with two attached hydrogens (primary N) is 1. The van der Waals surface area contributed by atoms with E-state index >= 15 is 0 Å². The molecule has 1 saturated heterocycles. The first-order chi connectivity index (χ1) is 6.81. The first kappa shape index (κ1) is 9.36. The van der Waals surface area contributed by atoms with E-state index in [0.717, 1.165) is 18.9 Å². The topological polar surface area (TPSA) is 75.3 Å². The molecule has 0 aromatic carbocycles. The van der Waals surface area contributed by atoms with Crippen molar-refractivity contribution in [1.82, 2.24) is 9.97 Å². The van der Waals surface area contributed by atoms with Crippen molar-refractivity contribution in [2.45, 2.75) is 6.04 Å². The molecule has 76 valence electrons. The van der Waals surface area contributed by atoms with E-state index in [-0.39, 0.29) is 18.6 Å². The van der Waals surface area contributed by atoms with Crippen LogP contribution in [-0.4, -0.2) is 40.8 Å². The largest absolute Gasteiger partial charge is 0.396 e. The smallest absolute Gasteiger partial charge is 0.131 e. The van der Waals surface area contributed by atoms with Gasteiger partial charge in [-0.25, -0.2) is 9.97 Å². The maximum absolute atomic E-state index is 9.06. The van der Waals surface area contributed by atoms with Crippen molar-refractivity contribution >= 4 is 5.82 Å². The molecule has 0 radical (unpaired) electrons. The third-order valence-corrected chi connectivity index (χ3v) is 2.62. The Morgan fingerprint density at radius 1 is 1.57 bits per heavy atom. The van der Waals surface area contributed by atoms with E-state index in [4.69, 9.17) is 10.8 Å². The SMILES string of the molecule is NC1CN(c2ccncn2)CC1CO. The minimum atomic E-state index is 0.0370. The third kappa shape index (κ3) is 1.69. The summed E-state index contributed by atoms with van der Waals surface area (Å²) in [5.74, 6) is 1.04. The van der Waals surface area contributed by atoms with E-state index < -0.39 is 0 Å². The van der Waals surface area contributed by atoms with Crippen molar-refractivity contribution in [1.29, 1.82) is 0 Å². The van der Waals surface area contributed by atoms with Gasteiger partial charge in [-0.3, -0.25) is 0 Å². The summed E-state index contributed by atoms with van der Waals surface area (Å²) in [6.07, 6.45) is 3.23. The van der Waals surface area contributed by atoms with Crippen LogP contribution in [-0.2, 0) is 0 Å². The summed E-state index contributed by atoms with van der Waals surface area (Å²) in [7, 11) is 0. The molecule has 2 heterocycles. The van der Waals surface area contributed by atoms with E-state index in [1.807, 2.05) is 6.07 Å². The molecule has 0 saturated carbocycles. The van der Waals surface area contributed by atoms with Crippen LogP contribution in [0.4, 0.5) is 5.82 Å². The quantitative estimate of drug-likeness (QED) is 0.646. The number of aromatic nitrogens is 2.